The average molecular weight is 395 g/mol. The highest BCUT2D eigenvalue weighted by Gasteiger charge is 2.41. The van der Waals surface area contributed by atoms with Gasteiger partial charge in [-0.15, -0.1) is 0 Å². The number of aliphatic imine (C=N–C) groups is 1. The molecule has 0 radical (unpaired) electrons. The number of amidine groups is 1. The number of benzene rings is 2. The molecule has 2 aliphatic heterocycles. The maximum absolute atomic E-state index is 12.8. The number of rotatable bonds is 4. The third-order valence-corrected chi connectivity index (χ3v) is 6.03. The molecule has 1 saturated heterocycles. The number of hydrogen-bond donors (Lipinski definition) is 1. The molecule has 2 aliphatic rings. The summed E-state index contributed by atoms with van der Waals surface area (Å²) in [6.45, 7) is 5.01. The molecule has 1 atom stereocenters. The fourth-order valence-corrected chi connectivity index (χ4v) is 4.31. The molecule has 2 aromatic rings. The molecule has 1 fully saturated rings. The van der Waals surface area contributed by atoms with E-state index < -0.39 is 5.25 Å². The SMILES string of the molecule is Cc1ccc(NC(=O)C[C@H]2SC3=NCN(c4ccc(C)cc4)CN3C2=O)cc1. The maximum Gasteiger partial charge on any atom is 0.244 e. The molecule has 0 unspecified atom stereocenters. The second-order valence-corrected chi connectivity index (χ2v) is 8.26. The molecule has 0 spiro atoms. The zero-order chi connectivity index (χ0) is 19.7. The monoisotopic (exact) mass is 394 g/mol. The number of carbonyl (C=O) groups excluding carboxylic acids is 2. The quantitative estimate of drug-likeness (QED) is 0.864. The van der Waals surface area contributed by atoms with Gasteiger partial charge in [-0.1, -0.05) is 47.2 Å². The summed E-state index contributed by atoms with van der Waals surface area (Å²) in [7, 11) is 0. The summed E-state index contributed by atoms with van der Waals surface area (Å²) < 4.78 is 0. The van der Waals surface area contributed by atoms with E-state index in [0.29, 0.717) is 18.5 Å². The van der Waals surface area contributed by atoms with Gasteiger partial charge in [0.1, 0.15) is 18.6 Å². The fourth-order valence-electron chi connectivity index (χ4n) is 3.19. The first-order valence-corrected chi connectivity index (χ1v) is 10.1. The zero-order valence-corrected chi connectivity index (χ0v) is 16.7. The summed E-state index contributed by atoms with van der Waals surface area (Å²) in [6.07, 6.45) is 0.136. The van der Waals surface area contributed by atoms with Gasteiger partial charge >= 0.3 is 0 Å². The van der Waals surface area contributed by atoms with Gasteiger partial charge in [-0.2, -0.15) is 0 Å². The highest BCUT2D eigenvalue weighted by Crippen LogP contribution is 2.33. The van der Waals surface area contributed by atoms with Crippen molar-refractivity contribution in [3.05, 3.63) is 59.7 Å². The highest BCUT2D eigenvalue weighted by molar-refractivity contribution is 8.15. The largest absolute Gasteiger partial charge is 0.334 e. The number of nitrogens with zero attached hydrogens (tertiary/aromatic N) is 3. The van der Waals surface area contributed by atoms with Crippen LogP contribution in [0.2, 0.25) is 0 Å². The average Bonchev–Trinajstić information content (AvgIpc) is 2.99. The molecule has 0 aliphatic carbocycles. The normalized spacial score (nSPS) is 18.7. The number of nitrogens with one attached hydrogen (secondary N) is 1. The lowest BCUT2D eigenvalue weighted by Gasteiger charge is -2.32. The van der Waals surface area contributed by atoms with E-state index >= 15 is 0 Å². The number of fused-ring (bicyclic) bond motifs is 1. The number of anilines is 2. The predicted molar refractivity (Wildman–Crippen MR) is 113 cm³/mol. The smallest absolute Gasteiger partial charge is 0.244 e. The first-order valence-electron chi connectivity index (χ1n) is 9.20. The van der Waals surface area contributed by atoms with Crippen LogP contribution in [0.15, 0.2) is 53.5 Å². The van der Waals surface area contributed by atoms with Crippen molar-refractivity contribution < 1.29 is 9.59 Å². The van der Waals surface area contributed by atoms with Crippen molar-refractivity contribution in [1.82, 2.24) is 4.90 Å². The van der Waals surface area contributed by atoms with Gasteiger partial charge in [0.15, 0.2) is 5.17 Å². The van der Waals surface area contributed by atoms with Crippen LogP contribution >= 0.6 is 11.8 Å². The Balaban J connectivity index is 1.39. The van der Waals surface area contributed by atoms with Gasteiger partial charge in [0.25, 0.3) is 0 Å². The van der Waals surface area contributed by atoms with Gasteiger partial charge in [-0.25, -0.2) is 4.99 Å². The minimum Gasteiger partial charge on any atom is -0.334 e. The Morgan fingerprint density at radius 1 is 1.11 bits per heavy atom. The zero-order valence-electron chi connectivity index (χ0n) is 15.9. The van der Waals surface area contributed by atoms with E-state index in [9.17, 15) is 9.59 Å². The van der Waals surface area contributed by atoms with E-state index in [0.717, 1.165) is 16.9 Å². The molecule has 2 aromatic carbocycles. The number of carbonyl (C=O) groups is 2. The van der Waals surface area contributed by atoms with Crippen LogP contribution in [0.5, 0.6) is 0 Å². The van der Waals surface area contributed by atoms with Crippen LogP contribution in [-0.2, 0) is 9.59 Å². The lowest BCUT2D eigenvalue weighted by molar-refractivity contribution is -0.128. The number of amides is 2. The van der Waals surface area contributed by atoms with Crippen LogP contribution in [0.1, 0.15) is 17.5 Å². The Bertz CT molecular complexity index is 924. The summed E-state index contributed by atoms with van der Waals surface area (Å²) in [5.41, 5.74) is 4.10. The van der Waals surface area contributed by atoms with E-state index in [4.69, 9.17) is 0 Å². The predicted octanol–water partition coefficient (Wildman–Crippen LogP) is 3.37. The first-order chi connectivity index (χ1) is 13.5. The van der Waals surface area contributed by atoms with Gasteiger partial charge in [0.05, 0.1) is 0 Å². The molecule has 0 bridgehead atoms. The molecule has 2 heterocycles. The molecule has 144 valence electrons. The first kappa shape index (κ1) is 18.6. The molecule has 0 aromatic heterocycles. The summed E-state index contributed by atoms with van der Waals surface area (Å²) >= 11 is 1.38. The maximum atomic E-state index is 12.8. The molecule has 6 nitrogen and oxygen atoms in total. The van der Waals surface area contributed by atoms with Crippen molar-refractivity contribution in [3.8, 4) is 0 Å². The van der Waals surface area contributed by atoms with Gasteiger partial charge in [0, 0.05) is 17.8 Å². The molecule has 0 saturated carbocycles. The van der Waals surface area contributed by atoms with Crippen molar-refractivity contribution in [2.45, 2.75) is 25.5 Å². The summed E-state index contributed by atoms with van der Waals surface area (Å²) in [5, 5.41) is 3.15. The van der Waals surface area contributed by atoms with Crippen LogP contribution < -0.4 is 10.2 Å². The van der Waals surface area contributed by atoms with Crippen LogP contribution in [0.25, 0.3) is 0 Å². The molecular formula is C21H22N4O2S. The van der Waals surface area contributed by atoms with E-state index in [2.05, 4.69) is 15.2 Å². The van der Waals surface area contributed by atoms with Gasteiger partial charge in [0.2, 0.25) is 11.8 Å². The van der Waals surface area contributed by atoms with Crippen LogP contribution in [-0.4, -0.2) is 40.5 Å². The Hall–Kier alpha value is -2.80. The van der Waals surface area contributed by atoms with Crippen molar-refractivity contribution in [1.29, 1.82) is 0 Å². The minimum atomic E-state index is -0.429. The molecule has 7 heteroatoms. The van der Waals surface area contributed by atoms with Crippen LogP contribution in [0.4, 0.5) is 11.4 Å². The minimum absolute atomic E-state index is 0.0559. The van der Waals surface area contributed by atoms with Crippen molar-refractivity contribution in [3.63, 3.8) is 0 Å². The Labute approximate surface area is 168 Å². The Kier molecular flexibility index (Phi) is 5.09. The Morgan fingerprint density at radius 2 is 1.75 bits per heavy atom. The van der Waals surface area contributed by atoms with Gasteiger partial charge in [-0.05, 0) is 38.1 Å². The van der Waals surface area contributed by atoms with E-state index in [1.165, 1.54) is 17.3 Å². The highest BCUT2D eigenvalue weighted by atomic mass is 32.2. The van der Waals surface area contributed by atoms with Crippen molar-refractivity contribution >= 4 is 40.1 Å². The summed E-state index contributed by atoms with van der Waals surface area (Å²) in [6, 6.07) is 15.8. The number of thioether (sulfide) groups is 1. The molecule has 2 amide bonds. The van der Waals surface area contributed by atoms with E-state index in [-0.39, 0.29) is 18.2 Å². The van der Waals surface area contributed by atoms with E-state index in [1.54, 1.807) is 4.90 Å². The summed E-state index contributed by atoms with van der Waals surface area (Å²) in [5.74, 6) is -0.217. The second kappa shape index (κ2) is 7.67. The summed E-state index contributed by atoms with van der Waals surface area (Å²) in [4.78, 5) is 33.5. The molecule has 4 rings (SSSR count). The number of hydrogen-bond acceptors (Lipinski definition) is 5. The molecule has 28 heavy (non-hydrogen) atoms. The lowest BCUT2D eigenvalue weighted by atomic mass is 10.2. The third kappa shape index (κ3) is 3.89. The van der Waals surface area contributed by atoms with Gasteiger partial charge < -0.3 is 10.2 Å². The lowest BCUT2D eigenvalue weighted by Crippen LogP contribution is -2.46. The van der Waals surface area contributed by atoms with Crippen molar-refractivity contribution in [2.75, 3.05) is 23.6 Å². The van der Waals surface area contributed by atoms with Crippen LogP contribution in [0, 0.1) is 13.8 Å². The third-order valence-electron chi connectivity index (χ3n) is 4.81. The topological polar surface area (TPSA) is 65.0 Å². The van der Waals surface area contributed by atoms with Crippen LogP contribution in [0.3, 0.4) is 0 Å². The standard InChI is InChI=1S/C21H22N4O2S/c1-14-3-7-16(8-4-14)23-19(26)11-18-20(27)25-13-24(12-22-21(25)28-18)17-9-5-15(2)6-10-17/h3-10,18H,11-13H2,1-2H3,(H,23,26)/t18-/m1/s1. The number of aryl methyl sites for hydroxylation is 2. The van der Waals surface area contributed by atoms with Crippen molar-refractivity contribution in [2.24, 2.45) is 4.99 Å². The second-order valence-electron chi connectivity index (χ2n) is 7.09. The Morgan fingerprint density at radius 3 is 2.43 bits per heavy atom. The fraction of sp³-hybridized carbons (Fsp3) is 0.286. The molecular weight excluding hydrogens is 372 g/mol. The van der Waals surface area contributed by atoms with E-state index in [1.807, 2.05) is 62.4 Å². The molecule has 1 N–H and O–H groups in total. The van der Waals surface area contributed by atoms with Gasteiger partial charge in [-0.3, -0.25) is 14.5 Å².